The molecule has 0 aliphatic rings. The second-order valence-corrected chi connectivity index (χ2v) is 3.99. The quantitative estimate of drug-likeness (QED) is 0.324. The first-order chi connectivity index (χ1) is 6.70. The second kappa shape index (κ2) is 8.97. The van der Waals surface area contributed by atoms with E-state index in [1.54, 1.807) is 0 Å². The summed E-state index contributed by atoms with van der Waals surface area (Å²) in [7, 11) is 0. The maximum absolute atomic E-state index is 10.3. The van der Waals surface area contributed by atoms with Crippen molar-refractivity contribution in [3.63, 3.8) is 0 Å². The molecule has 0 amide bonds. The first-order valence-corrected chi connectivity index (χ1v) is 5.82. The number of unbranched alkanes of at least 4 members (excludes halogenated alkanes) is 4. The van der Waals surface area contributed by atoms with E-state index in [4.69, 9.17) is 0 Å². The minimum atomic E-state index is -0.180. The Morgan fingerprint density at radius 1 is 1.14 bits per heavy atom. The lowest BCUT2D eigenvalue weighted by Gasteiger charge is -2.09. The van der Waals surface area contributed by atoms with Crippen molar-refractivity contribution < 1.29 is 4.92 Å². The lowest BCUT2D eigenvalue weighted by atomic mass is 9.98. The van der Waals surface area contributed by atoms with Gasteiger partial charge in [0.25, 0.3) is 0 Å². The molecule has 14 heavy (non-hydrogen) atoms. The van der Waals surface area contributed by atoms with Gasteiger partial charge >= 0.3 is 0 Å². The van der Waals surface area contributed by atoms with Gasteiger partial charge in [0, 0.05) is 10.8 Å². The third kappa shape index (κ3) is 8.02. The molecule has 84 valence electrons. The lowest BCUT2D eigenvalue weighted by molar-refractivity contribution is -0.488. The molecule has 3 heteroatoms. The molecule has 0 rings (SSSR count). The van der Waals surface area contributed by atoms with Gasteiger partial charge in [-0.2, -0.15) is 0 Å². The largest absolute Gasteiger partial charge is 0.265 e. The first kappa shape index (κ1) is 13.4. The predicted octanol–water partition coefficient (Wildman–Crippen LogP) is 3.65. The third-order valence-electron chi connectivity index (χ3n) is 2.70. The summed E-state index contributed by atoms with van der Waals surface area (Å²) in [6, 6.07) is 0. The summed E-state index contributed by atoms with van der Waals surface area (Å²) in [4.78, 5) is 10.1. The van der Waals surface area contributed by atoms with Crippen LogP contribution in [0.2, 0.25) is 0 Å². The van der Waals surface area contributed by atoms with Gasteiger partial charge in [-0.25, -0.2) is 0 Å². The number of hydrogen-bond donors (Lipinski definition) is 0. The zero-order valence-electron chi connectivity index (χ0n) is 9.50. The smallest absolute Gasteiger partial charge is 0.206 e. The Balaban J connectivity index is 3.38. The van der Waals surface area contributed by atoms with Crippen LogP contribution in [0, 0.1) is 16.0 Å². The zero-order valence-corrected chi connectivity index (χ0v) is 9.50. The lowest BCUT2D eigenvalue weighted by Crippen LogP contribution is -2.13. The third-order valence-corrected chi connectivity index (χ3v) is 2.70. The van der Waals surface area contributed by atoms with E-state index >= 15 is 0 Å². The summed E-state index contributed by atoms with van der Waals surface area (Å²) >= 11 is 0. The van der Waals surface area contributed by atoms with Gasteiger partial charge in [0.1, 0.15) is 0 Å². The van der Waals surface area contributed by atoms with Gasteiger partial charge < -0.3 is 0 Å². The van der Waals surface area contributed by atoms with Gasteiger partial charge in [-0.15, -0.1) is 0 Å². The van der Waals surface area contributed by atoms with E-state index in [9.17, 15) is 10.1 Å². The van der Waals surface area contributed by atoms with Gasteiger partial charge in [0.05, 0.1) is 0 Å². The summed E-state index contributed by atoms with van der Waals surface area (Å²) in [6.45, 7) is 4.39. The van der Waals surface area contributed by atoms with E-state index in [-0.39, 0.29) is 11.5 Å². The zero-order chi connectivity index (χ0) is 10.8. The Kier molecular flexibility index (Phi) is 8.59. The van der Waals surface area contributed by atoms with E-state index in [1.807, 2.05) is 6.92 Å². The monoisotopic (exact) mass is 201 g/mol. The van der Waals surface area contributed by atoms with Crippen LogP contribution in [0.1, 0.15) is 58.8 Å². The van der Waals surface area contributed by atoms with Gasteiger partial charge in [-0.1, -0.05) is 46.0 Å². The molecule has 1 atom stereocenters. The highest BCUT2D eigenvalue weighted by atomic mass is 16.6. The molecule has 0 saturated heterocycles. The second-order valence-electron chi connectivity index (χ2n) is 3.99. The van der Waals surface area contributed by atoms with Gasteiger partial charge in [0.15, 0.2) is 0 Å². The van der Waals surface area contributed by atoms with Crippen molar-refractivity contribution in [1.82, 2.24) is 0 Å². The maximum Gasteiger partial charge on any atom is 0.206 e. The summed E-state index contributed by atoms with van der Waals surface area (Å²) in [5, 5.41) is 10.3. The average molecular weight is 201 g/mol. The summed E-state index contributed by atoms with van der Waals surface area (Å²) in [5.74, 6) is 0.298. The van der Waals surface area contributed by atoms with E-state index < -0.39 is 0 Å². The Hall–Kier alpha value is -0.600. The number of rotatable bonds is 9. The highest BCUT2D eigenvalue weighted by Crippen LogP contribution is 2.14. The first-order valence-electron chi connectivity index (χ1n) is 5.82. The Morgan fingerprint density at radius 3 is 2.29 bits per heavy atom. The van der Waals surface area contributed by atoms with Crippen molar-refractivity contribution in [1.29, 1.82) is 0 Å². The molecule has 0 aromatic heterocycles. The van der Waals surface area contributed by atoms with Crippen LogP contribution in [0.15, 0.2) is 0 Å². The van der Waals surface area contributed by atoms with Crippen LogP contribution in [0.3, 0.4) is 0 Å². The molecular weight excluding hydrogens is 178 g/mol. The van der Waals surface area contributed by atoms with Crippen LogP contribution >= 0.6 is 0 Å². The molecule has 0 radical (unpaired) electrons. The van der Waals surface area contributed by atoms with Crippen LogP contribution in [0.25, 0.3) is 0 Å². The minimum Gasteiger partial charge on any atom is -0.265 e. The van der Waals surface area contributed by atoms with Crippen molar-refractivity contribution in [2.45, 2.75) is 58.8 Å². The van der Waals surface area contributed by atoms with Crippen molar-refractivity contribution in [2.24, 2.45) is 5.92 Å². The molecule has 0 aromatic carbocycles. The van der Waals surface area contributed by atoms with Crippen molar-refractivity contribution in [3.05, 3.63) is 10.1 Å². The van der Waals surface area contributed by atoms with Crippen molar-refractivity contribution in [2.75, 3.05) is 6.54 Å². The fourth-order valence-electron chi connectivity index (χ4n) is 1.67. The molecular formula is C11H23NO2. The minimum absolute atomic E-state index is 0.157. The van der Waals surface area contributed by atoms with E-state index in [0.29, 0.717) is 5.92 Å². The highest BCUT2D eigenvalue weighted by Gasteiger charge is 2.11. The van der Waals surface area contributed by atoms with Crippen LogP contribution in [0.4, 0.5) is 0 Å². The van der Waals surface area contributed by atoms with Crippen LogP contribution in [0.5, 0.6) is 0 Å². The summed E-state index contributed by atoms with van der Waals surface area (Å²) in [5.41, 5.74) is 0. The molecule has 0 heterocycles. The van der Waals surface area contributed by atoms with Crippen LogP contribution in [-0.4, -0.2) is 11.5 Å². The Morgan fingerprint density at radius 2 is 1.79 bits per heavy atom. The predicted molar refractivity (Wildman–Crippen MR) is 59.0 cm³/mol. The number of nitrogens with zero attached hydrogens (tertiary/aromatic N) is 1. The topological polar surface area (TPSA) is 43.1 Å². The van der Waals surface area contributed by atoms with Crippen LogP contribution in [-0.2, 0) is 0 Å². The van der Waals surface area contributed by atoms with Gasteiger partial charge in [-0.05, 0) is 12.8 Å². The molecule has 0 saturated carbocycles. The molecule has 0 fully saturated rings. The normalized spacial score (nSPS) is 12.7. The Bertz CT molecular complexity index is 148. The van der Waals surface area contributed by atoms with Crippen LogP contribution < -0.4 is 0 Å². The fourth-order valence-corrected chi connectivity index (χ4v) is 1.67. The van der Waals surface area contributed by atoms with Gasteiger partial charge in [-0.3, -0.25) is 10.1 Å². The average Bonchev–Trinajstić information content (AvgIpc) is 2.15. The highest BCUT2D eigenvalue weighted by molar-refractivity contribution is 4.56. The Labute approximate surface area is 87.0 Å². The molecule has 0 N–H and O–H groups in total. The van der Waals surface area contributed by atoms with E-state index in [2.05, 4.69) is 6.92 Å². The molecule has 3 nitrogen and oxygen atoms in total. The number of hydrogen-bond acceptors (Lipinski definition) is 2. The van der Waals surface area contributed by atoms with Crippen molar-refractivity contribution in [3.8, 4) is 0 Å². The van der Waals surface area contributed by atoms with E-state index in [0.717, 1.165) is 19.3 Å². The maximum atomic E-state index is 10.3. The summed E-state index contributed by atoms with van der Waals surface area (Å²) < 4.78 is 0. The molecule has 0 aromatic rings. The fraction of sp³-hybridized carbons (Fsp3) is 1.00. The SMILES string of the molecule is CCCCCCC[C@H](CC)C[N+](=O)[O-]. The standard InChI is InChI=1S/C11H23NO2/c1-3-5-6-7-8-9-11(4-2)10-12(13)14/h11H,3-10H2,1-2H3/t11-/m0/s1. The molecule has 0 spiro atoms. The van der Waals surface area contributed by atoms with E-state index in [1.165, 1.54) is 25.7 Å². The molecule has 0 aliphatic carbocycles. The van der Waals surface area contributed by atoms with Crippen molar-refractivity contribution >= 4 is 0 Å². The van der Waals surface area contributed by atoms with Gasteiger partial charge in [0.2, 0.25) is 6.54 Å². The molecule has 0 bridgehead atoms. The number of nitro groups is 1. The molecule has 0 unspecified atom stereocenters. The molecule has 0 aliphatic heterocycles. The summed E-state index contributed by atoms with van der Waals surface area (Å²) in [6.07, 6.45) is 8.20.